The largest absolute Gasteiger partial charge is 0.439 e. The number of likely N-dealkylation sites (tertiary alicyclic amines) is 1. The van der Waals surface area contributed by atoms with Gasteiger partial charge in [-0.2, -0.15) is 0 Å². The van der Waals surface area contributed by atoms with E-state index in [0.717, 1.165) is 37.1 Å². The fourth-order valence-corrected chi connectivity index (χ4v) is 2.91. The standard InChI is InChI=1S/C18H20N2O2/c1-14(21)20-12-6-5-9-17(20)15-10-11-18(19-13-15)22-16-7-3-2-4-8-16/h2-4,7-8,10-11,13,17H,5-6,9,12H2,1H3/t17-/m0/s1. The molecule has 3 rings (SSSR count). The van der Waals surface area contributed by atoms with Crippen LogP contribution in [0, 0.1) is 0 Å². The number of carbonyl (C=O) groups excluding carboxylic acids is 1. The zero-order valence-corrected chi connectivity index (χ0v) is 12.7. The van der Waals surface area contributed by atoms with Crippen LogP contribution in [0.5, 0.6) is 11.6 Å². The summed E-state index contributed by atoms with van der Waals surface area (Å²) in [7, 11) is 0. The Kier molecular flexibility index (Phi) is 4.37. The van der Waals surface area contributed by atoms with Gasteiger partial charge in [-0.25, -0.2) is 4.98 Å². The van der Waals surface area contributed by atoms with E-state index in [4.69, 9.17) is 4.74 Å². The van der Waals surface area contributed by atoms with Gasteiger partial charge in [-0.1, -0.05) is 24.3 Å². The predicted molar refractivity (Wildman–Crippen MR) is 84.7 cm³/mol. The maximum Gasteiger partial charge on any atom is 0.219 e. The van der Waals surface area contributed by atoms with Gasteiger partial charge < -0.3 is 9.64 Å². The van der Waals surface area contributed by atoms with Crippen molar-refractivity contribution in [3.05, 3.63) is 54.2 Å². The number of benzene rings is 1. The Balaban J connectivity index is 1.74. The summed E-state index contributed by atoms with van der Waals surface area (Å²) in [5.74, 6) is 1.47. The lowest BCUT2D eigenvalue weighted by molar-refractivity contribution is -0.132. The van der Waals surface area contributed by atoms with Crippen LogP contribution in [0.2, 0.25) is 0 Å². The van der Waals surface area contributed by atoms with Gasteiger partial charge in [-0.3, -0.25) is 4.79 Å². The molecule has 4 nitrogen and oxygen atoms in total. The first-order valence-electron chi connectivity index (χ1n) is 7.70. The lowest BCUT2D eigenvalue weighted by atomic mass is 9.96. The normalized spacial score (nSPS) is 18.0. The third kappa shape index (κ3) is 3.27. The molecule has 0 N–H and O–H groups in total. The minimum absolute atomic E-state index is 0.134. The summed E-state index contributed by atoms with van der Waals surface area (Å²) in [6, 6.07) is 13.6. The van der Waals surface area contributed by atoms with Gasteiger partial charge in [0.25, 0.3) is 0 Å². The number of carbonyl (C=O) groups is 1. The number of piperidine rings is 1. The summed E-state index contributed by atoms with van der Waals surface area (Å²) >= 11 is 0. The Labute approximate surface area is 130 Å². The van der Waals surface area contributed by atoms with Gasteiger partial charge in [0.2, 0.25) is 11.8 Å². The number of aromatic nitrogens is 1. The molecule has 0 spiro atoms. The van der Waals surface area contributed by atoms with Crippen LogP contribution in [0.25, 0.3) is 0 Å². The molecule has 1 aromatic heterocycles. The lowest BCUT2D eigenvalue weighted by Crippen LogP contribution is -2.36. The van der Waals surface area contributed by atoms with Gasteiger partial charge >= 0.3 is 0 Å². The van der Waals surface area contributed by atoms with Crippen molar-refractivity contribution in [2.45, 2.75) is 32.2 Å². The number of hydrogen-bond acceptors (Lipinski definition) is 3. The van der Waals surface area contributed by atoms with E-state index in [2.05, 4.69) is 4.98 Å². The van der Waals surface area contributed by atoms with Crippen LogP contribution < -0.4 is 4.74 Å². The fraction of sp³-hybridized carbons (Fsp3) is 0.333. The highest BCUT2D eigenvalue weighted by molar-refractivity contribution is 5.74. The van der Waals surface area contributed by atoms with Crippen molar-refractivity contribution < 1.29 is 9.53 Å². The first-order chi connectivity index (χ1) is 10.7. The third-order valence-electron chi connectivity index (χ3n) is 4.02. The monoisotopic (exact) mass is 296 g/mol. The molecule has 2 aromatic rings. The quantitative estimate of drug-likeness (QED) is 0.861. The van der Waals surface area contributed by atoms with Crippen LogP contribution in [-0.2, 0) is 4.79 Å². The molecule has 2 heterocycles. The van der Waals surface area contributed by atoms with Crippen molar-refractivity contribution in [2.75, 3.05) is 6.54 Å². The summed E-state index contributed by atoms with van der Waals surface area (Å²) in [4.78, 5) is 18.1. The van der Waals surface area contributed by atoms with Crippen molar-refractivity contribution in [2.24, 2.45) is 0 Å². The fourth-order valence-electron chi connectivity index (χ4n) is 2.91. The number of para-hydroxylation sites is 1. The first-order valence-corrected chi connectivity index (χ1v) is 7.70. The van der Waals surface area contributed by atoms with Crippen LogP contribution >= 0.6 is 0 Å². The Morgan fingerprint density at radius 2 is 2.00 bits per heavy atom. The molecule has 0 aliphatic carbocycles. The predicted octanol–water partition coefficient (Wildman–Crippen LogP) is 3.95. The molecule has 1 aromatic carbocycles. The smallest absolute Gasteiger partial charge is 0.219 e. The van der Waals surface area contributed by atoms with Gasteiger partial charge in [-0.15, -0.1) is 0 Å². The molecule has 1 saturated heterocycles. The van der Waals surface area contributed by atoms with Crippen molar-refractivity contribution in [1.82, 2.24) is 9.88 Å². The van der Waals surface area contributed by atoms with Crippen molar-refractivity contribution in [3.63, 3.8) is 0 Å². The maximum absolute atomic E-state index is 11.8. The third-order valence-corrected chi connectivity index (χ3v) is 4.02. The SMILES string of the molecule is CC(=O)N1CCCC[C@H]1c1ccc(Oc2ccccc2)nc1. The van der Waals surface area contributed by atoms with E-state index in [-0.39, 0.29) is 11.9 Å². The molecule has 114 valence electrons. The van der Waals surface area contributed by atoms with Gasteiger partial charge in [-0.05, 0) is 37.0 Å². The molecule has 1 amide bonds. The molecule has 4 heteroatoms. The average molecular weight is 296 g/mol. The minimum Gasteiger partial charge on any atom is -0.439 e. The second-order valence-electron chi connectivity index (χ2n) is 5.57. The minimum atomic E-state index is 0.134. The molecule has 1 aliphatic heterocycles. The summed E-state index contributed by atoms with van der Waals surface area (Å²) in [6.07, 6.45) is 5.06. The summed E-state index contributed by atoms with van der Waals surface area (Å²) < 4.78 is 5.70. The molecule has 1 fully saturated rings. The molecule has 0 unspecified atom stereocenters. The number of nitrogens with zero attached hydrogens (tertiary/aromatic N) is 2. The zero-order valence-electron chi connectivity index (χ0n) is 12.7. The van der Waals surface area contributed by atoms with E-state index in [9.17, 15) is 4.79 Å². The maximum atomic E-state index is 11.8. The molecular formula is C18H20N2O2. The van der Waals surface area contributed by atoms with Crippen LogP contribution in [0.4, 0.5) is 0 Å². The van der Waals surface area contributed by atoms with Gasteiger partial charge in [0, 0.05) is 25.7 Å². The van der Waals surface area contributed by atoms with E-state index < -0.39 is 0 Å². The van der Waals surface area contributed by atoms with Gasteiger partial charge in [0.1, 0.15) is 5.75 Å². The molecule has 22 heavy (non-hydrogen) atoms. The van der Waals surface area contributed by atoms with Gasteiger partial charge in [0.15, 0.2) is 0 Å². The van der Waals surface area contributed by atoms with E-state index in [1.807, 2.05) is 53.6 Å². The van der Waals surface area contributed by atoms with Crippen molar-refractivity contribution >= 4 is 5.91 Å². The molecule has 0 radical (unpaired) electrons. The number of pyridine rings is 1. The van der Waals surface area contributed by atoms with E-state index in [1.54, 1.807) is 6.92 Å². The molecule has 0 bridgehead atoms. The average Bonchev–Trinajstić information content (AvgIpc) is 2.56. The van der Waals surface area contributed by atoms with E-state index in [0.29, 0.717) is 5.88 Å². The van der Waals surface area contributed by atoms with E-state index >= 15 is 0 Å². The highest BCUT2D eigenvalue weighted by Gasteiger charge is 2.25. The Hall–Kier alpha value is -2.36. The van der Waals surface area contributed by atoms with Crippen LogP contribution in [0.15, 0.2) is 48.7 Å². The Morgan fingerprint density at radius 1 is 1.18 bits per heavy atom. The van der Waals surface area contributed by atoms with Crippen LogP contribution in [0.3, 0.4) is 0 Å². The van der Waals surface area contributed by atoms with Crippen molar-refractivity contribution in [1.29, 1.82) is 0 Å². The Morgan fingerprint density at radius 3 is 2.68 bits per heavy atom. The highest BCUT2D eigenvalue weighted by atomic mass is 16.5. The molecule has 0 saturated carbocycles. The Bertz CT molecular complexity index is 625. The highest BCUT2D eigenvalue weighted by Crippen LogP contribution is 2.31. The zero-order chi connectivity index (χ0) is 15.4. The van der Waals surface area contributed by atoms with Crippen molar-refractivity contribution in [3.8, 4) is 11.6 Å². The summed E-state index contributed by atoms with van der Waals surface area (Å²) in [5, 5.41) is 0. The lowest BCUT2D eigenvalue weighted by Gasteiger charge is -2.35. The molecule has 1 aliphatic rings. The summed E-state index contributed by atoms with van der Waals surface area (Å²) in [5.41, 5.74) is 1.08. The van der Waals surface area contributed by atoms with Crippen LogP contribution in [0.1, 0.15) is 37.8 Å². The summed E-state index contributed by atoms with van der Waals surface area (Å²) in [6.45, 7) is 2.47. The molecule has 1 atom stereocenters. The molecular weight excluding hydrogens is 276 g/mol. The van der Waals surface area contributed by atoms with Crippen LogP contribution in [-0.4, -0.2) is 22.3 Å². The number of ether oxygens (including phenoxy) is 1. The number of rotatable bonds is 3. The van der Waals surface area contributed by atoms with Gasteiger partial charge in [0.05, 0.1) is 6.04 Å². The topological polar surface area (TPSA) is 42.4 Å². The van der Waals surface area contributed by atoms with E-state index in [1.165, 1.54) is 0 Å². The second kappa shape index (κ2) is 6.60. The second-order valence-corrected chi connectivity index (χ2v) is 5.57. The number of hydrogen-bond donors (Lipinski definition) is 0. The number of amides is 1. The first kappa shape index (κ1) is 14.6.